The zero-order valence-electron chi connectivity index (χ0n) is 27.3. The van der Waals surface area contributed by atoms with Crippen molar-refractivity contribution in [2.75, 3.05) is 69.3 Å². The van der Waals surface area contributed by atoms with E-state index in [2.05, 4.69) is 73.4 Å². The number of amides is 1. The summed E-state index contributed by atoms with van der Waals surface area (Å²) in [6.07, 6.45) is 5.07. The van der Waals surface area contributed by atoms with Crippen LogP contribution in [0.2, 0.25) is 0 Å². The molecule has 8 nitrogen and oxygen atoms in total. The molecule has 0 radical (unpaired) electrons. The lowest BCUT2D eigenvalue weighted by atomic mass is 10.0. The zero-order valence-corrected chi connectivity index (χ0v) is 29.7. The number of carbonyl (C=O) groups excluding carboxylic acids is 1. The van der Waals surface area contributed by atoms with Gasteiger partial charge in [-0.05, 0) is 71.6 Å². The SMILES string of the molecule is C/C=C(\S/C(Br)=C(\C)c1ccc(F)cc1)N(C)c1c(CC)nc2ccc(N3CCN(CC(=O)N4CC(CO)C4)CC3)cn12.CC. The number of allylic oxidation sites excluding steroid dienone is 2. The fourth-order valence-corrected chi connectivity index (χ4v) is 7.12. The molecule has 0 unspecified atom stereocenters. The van der Waals surface area contributed by atoms with Gasteiger partial charge in [0.1, 0.15) is 17.3 Å². The summed E-state index contributed by atoms with van der Waals surface area (Å²) in [6, 6.07) is 10.8. The van der Waals surface area contributed by atoms with Crippen LogP contribution in [0, 0.1) is 11.7 Å². The van der Waals surface area contributed by atoms with Gasteiger partial charge in [-0.3, -0.25) is 14.1 Å². The molecule has 5 rings (SSSR count). The van der Waals surface area contributed by atoms with Gasteiger partial charge in [0.2, 0.25) is 5.91 Å². The third kappa shape index (κ3) is 8.11. The second-order valence-corrected chi connectivity index (χ2v) is 13.5. The van der Waals surface area contributed by atoms with Gasteiger partial charge in [0.05, 0.1) is 26.8 Å². The summed E-state index contributed by atoms with van der Waals surface area (Å²) < 4.78 is 16.6. The first-order valence-corrected chi connectivity index (χ1v) is 17.4. The fraction of sp³-hybridized carbons (Fsp3) is 0.471. The van der Waals surface area contributed by atoms with E-state index in [1.165, 1.54) is 12.1 Å². The maximum atomic E-state index is 13.5. The summed E-state index contributed by atoms with van der Waals surface area (Å²) in [7, 11) is 2.07. The van der Waals surface area contributed by atoms with Crippen LogP contribution in [0.5, 0.6) is 0 Å². The number of anilines is 2. The van der Waals surface area contributed by atoms with Crippen LogP contribution in [0.4, 0.5) is 15.9 Å². The van der Waals surface area contributed by atoms with E-state index in [0.29, 0.717) is 19.6 Å². The van der Waals surface area contributed by atoms with E-state index < -0.39 is 0 Å². The Morgan fingerprint density at radius 1 is 1.13 bits per heavy atom. The van der Waals surface area contributed by atoms with Crippen molar-refractivity contribution < 1.29 is 14.3 Å². The van der Waals surface area contributed by atoms with Gasteiger partial charge in [-0.15, -0.1) is 0 Å². The summed E-state index contributed by atoms with van der Waals surface area (Å²) >= 11 is 5.40. The molecule has 1 aromatic carbocycles. The van der Waals surface area contributed by atoms with E-state index in [9.17, 15) is 14.3 Å². The highest BCUT2D eigenvalue weighted by Crippen LogP contribution is 2.40. The Morgan fingerprint density at radius 2 is 1.80 bits per heavy atom. The minimum atomic E-state index is -0.245. The Labute approximate surface area is 279 Å². The Morgan fingerprint density at radius 3 is 2.40 bits per heavy atom. The van der Waals surface area contributed by atoms with Gasteiger partial charge in [-0.1, -0.05) is 50.7 Å². The normalized spacial score (nSPS) is 16.7. The molecule has 11 heteroatoms. The molecule has 2 fully saturated rings. The van der Waals surface area contributed by atoms with Gasteiger partial charge in [0.25, 0.3) is 0 Å². The van der Waals surface area contributed by atoms with Crippen LogP contribution in [0.1, 0.15) is 45.9 Å². The van der Waals surface area contributed by atoms with Gasteiger partial charge in [0, 0.05) is 65.0 Å². The highest BCUT2D eigenvalue weighted by atomic mass is 79.9. The second kappa shape index (κ2) is 16.1. The van der Waals surface area contributed by atoms with Crippen molar-refractivity contribution in [3.8, 4) is 0 Å². The molecule has 45 heavy (non-hydrogen) atoms. The minimum absolute atomic E-state index is 0.154. The third-order valence-corrected chi connectivity index (χ3v) is 10.6. The second-order valence-electron chi connectivity index (χ2n) is 11.2. The maximum Gasteiger partial charge on any atom is 0.236 e. The number of hydrogen-bond donors (Lipinski definition) is 1. The number of carbonyl (C=O) groups is 1. The average molecular weight is 702 g/mol. The van der Waals surface area contributed by atoms with Crippen LogP contribution in [0.15, 0.2) is 57.5 Å². The molecular weight excluding hydrogens is 655 g/mol. The molecule has 2 aromatic heterocycles. The van der Waals surface area contributed by atoms with Crippen molar-refractivity contribution in [1.29, 1.82) is 0 Å². The number of aliphatic hydroxyl groups is 1. The Balaban J connectivity index is 0.00000226. The monoisotopic (exact) mass is 700 g/mol. The largest absolute Gasteiger partial charge is 0.396 e. The van der Waals surface area contributed by atoms with Gasteiger partial charge >= 0.3 is 0 Å². The third-order valence-electron chi connectivity index (χ3n) is 8.31. The predicted octanol–water partition coefficient (Wildman–Crippen LogP) is 6.45. The first-order valence-electron chi connectivity index (χ1n) is 15.8. The van der Waals surface area contributed by atoms with Crippen LogP contribution in [-0.2, 0) is 11.2 Å². The lowest BCUT2D eigenvalue weighted by Crippen LogP contribution is -2.56. The Hall–Kier alpha value is -2.86. The summed E-state index contributed by atoms with van der Waals surface area (Å²) in [5, 5.41) is 10.3. The van der Waals surface area contributed by atoms with Gasteiger partial charge < -0.3 is 19.8 Å². The number of thioether (sulfide) groups is 1. The van der Waals surface area contributed by atoms with Gasteiger partial charge in [-0.25, -0.2) is 9.37 Å². The van der Waals surface area contributed by atoms with Crippen LogP contribution in [0.3, 0.4) is 0 Å². The fourth-order valence-electron chi connectivity index (χ4n) is 5.60. The number of aliphatic hydroxyl groups excluding tert-OH is 1. The van der Waals surface area contributed by atoms with E-state index >= 15 is 0 Å². The van der Waals surface area contributed by atoms with Crippen LogP contribution < -0.4 is 9.80 Å². The maximum absolute atomic E-state index is 13.5. The van der Waals surface area contributed by atoms with Crippen molar-refractivity contribution in [2.24, 2.45) is 5.92 Å². The van der Waals surface area contributed by atoms with Gasteiger partial charge in [0.15, 0.2) is 0 Å². The molecule has 244 valence electrons. The molecule has 0 spiro atoms. The highest BCUT2D eigenvalue weighted by molar-refractivity contribution is 9.14. The van der Waals surface area contributed by atoms with E-state index in [0.717, 1.165) is 75.4 Å². The Kier molecular flexibility index (Phi) is 12.5. The number of likely N-dealkylation sites (tertiary alicyclic amines) is 1. The summed E-state index contributed by atoms with van der Waals surface area (Å²) in [5.41, 5.74) is 5.05. The van der Waals surface area contributed by atoms with E-state index in [4.69, 9.17) is 4.98 Å². The topological polar surface area (TPSA) is 67.6 Å². The number of hydrogen-bond acceptors (Lipinski definition) is 7. The summed E-state index contributed by atoms with van der Waals surface area (Å²) in [6.45, 7) is 15.5. The smallest absolute Gasteiger partial charge is 0.236 e. The van der Waals surface area contributed by atoms with Gasteiger partial charge in [-0.2, -0.15) is 0 Å². The number of fused-ring (bicyclic) bond motifs is 1. The van der Waals surface area contributed by atoms with Crippen LogP contribution >= 0.6 is 27.7 Å². The zero-order chi connectivity index (χ0) is 32.7. The molecule has 2 aliphatic rings. The number of pyridine rings is 1. The molecular formula is C34H46BrFN6O2S. The molecule has 2 saturated heterocycles. The number of aromatic nitrogens is 2. The van der Waals surface area contributed by atoms with Crippen molar-refractivity contribution in [3.63, 3.8) is 0 Å². The van der Waals surface area contributed by atoms with E-state index in [1.54, 1.807) is 23.9 Å². The molecule has 3 aromatic rings. The molecule has 1 N–H and O–H groups in total. The number of imidazole rings is 1. The lowest BCUT2D eigenvalue weighted by molar-refractivity contribution is -0.139. The standard InChI is InChI=1S/C32H40BrFN6O2S.C2H6/c1-5-27-32(36(4)30(6-2)43-31(33)22(3)24-7-9-25(34)10-8-24)40-19-26(11-12-28(40)35-27)38-15-13-37(14-16-38)20-29(42)39-17-23(18-39)21-41;1-2/h6-12,19,23,41H,5,13-18,20-21H2,1-4H3;1-2H3/b30-6-,31-22+;. The first kappa shape index (κ1) is 35.0. The number of piperazine rings is 1. The molecule has 0 saturated carbocycles. The highest BCUT2D eigenvalue weighted by Gasteiger charge is 2.31. The summed E-state index contributed by atoms with van der Waals surface area (Å²) in [4.78, 5) is 26.2. The molecule has 4 heterocycles. The lowest BCUT2D eigenvalue weighted by Gasteiger charge is -2.41. The van der Waals surface area contributed by atoms with Crippen molar-refractivity contribution >= 4 is 56.3 Å². The van der Waals surface area contributed by atoms with E-state index in [-0.39, 0.29) is 24.2 Å². The first-order chi connectivity index (χ1) is 21.7. The van der Waals surface area contributed by atoms with Crippen LogP contribution in [0.25, 0.3) is 11.2 Å². The molecule has 0 bridgehead atoms. The average Bonchev–Trinajstić information content (AvgIpc) is 3.42. The van der Waals surface area contributed by atoms with Crippen LogP contribution in [-0.4, -0.2) is 89.7 Å². The molecule has 1 amide bonds. The van der Waals surface area contributed by atoms with E-state index in [1.807, 2.05) is 32.6 Å². The van der Waals surface area contributed by atoms with Crippen molar-refractivity contribution in [2.45, 2.75) is 41.0 Å². The molecule has 2 aliphatic heterocycles. The number of aryl methyl sites for hydroxylation is 1. The predicted molar refractivity (Wildman–Crippen MR) is 189 cm³/mol. The number of nitrogens with zero attached hydrogens (tertiary/aromatic N) is 6. The molecule has 0 atom stereocenters. The number of halogens is 2. The number of benzene rings is 1. The van der Waals surface area contributed by atoms with Crippen molar-refractivity contribution in [1.82, 2.24) is 19.2 Å². The number of rotatable bonds is 10. The minimum Gasteiger partial charge on any atom is -0.396 e. The summed E-state index contributed by atoms with van der Waals surface area (Å²) in [5.74, 6) is 1.18. The molecule has 0 aliphatic carbocycles. The van der Waals surface area contributed by atoms with Crippen molar-refractivity contribution in [3.05, 3.63) is 74.6 Å². The quantitative estimate of drug-likeness (QED) is 0.261. The Bertz CT molecular complexity index is 1510.